The van der Waals surface area contributed by atoms with Crippen molar-refractivity contribution in [1.29, 1.82) is 0 Å². The van der Waals surface area contributed by atoms with Crippen LogP contribution in [0.5, 0.6) is 0 Å². The molecule has 4 N–H and O–H groups in total. The maximum absolute atomic E-state index is 5.53. The second-order valence-corrected chi connectivity index (χ2v) is 11.0. The molecule has 0 aliphatic rings. The first-order chi connectivity index (χ1) is 12.5. The Hall–Kier alpha value is -0.804. The molecule has 142 valence electrons. The van der Waals surface area contributed by atoms with Gasteiger partial charge in [0, 0.05) is 34.3 Å². The molecule has 2 aromatic carbocycles. The average molecular weight is 524 g/mol. The van der Waals surface area contributed by atoms with E-state index in [4.69, 9.17) is 36.2 Å². The molecule has 0 fully saturated rings. The standard InChI is InChI=1S/C16H16BrN5.3ClH.Co/c17-11-2-1-3-13(8-11)22-16-14-9-12(19-7-6-18)4-5-15(14)20-10-21-16;;;;/h1-5,8-10,19H,6-7,18H2,(H,20,21,22);3*1H;/q;;;;+3/p-3. The van der Waals surface area contributed by atoms with Crippen LogP contribution in [0.1, 0.15) is 0 Å². The van der Waals surface area contributed by atoms with Gasteiger partial charge in [0.25, 0.3) is 0 Å². The van der Waals surface area contributed by atoms with Gasteiger partial charge in [0.1, 0.15) is 12.1 Å². The monoisotopic (exact) mass is 521 g/mol. The van der Waals surface area contributed by atoms with Crippen molar-refractivity contribution in [2.45, 2.75) is 0 Å². The summed E-state index contributed by atoms with van der Waals surface area (Å²) >= 11 is 3.47. The zero-order chi connectivity index (χ0) is 18.9. The van der Waals surface area contributed by atoms with Crippen molar-refractivity contribution in [2.75, 3.05) is 23.7 Å². The van der Waals surface area contributed by atoms with Crippen LogP contribution in [0.25, 0.3) is 10.9 Å². The van der Waals surface area contributed by atoms with Gasteiger partial charge in [0.2, 0.25) is 0 Å². The summed E-state index contributed by atoms with van der Waals surface area (Å²) in [6, 6.07) is 14.0. The molecule has 26 heavy (non-hydrogen) atoms. The van der Waals surface area contributed by atoms with E-state index in [1.54, 1.807) is 6.33 Å². The zero-order valence-corrected chi connectivity index (χ0v) is 18.2. The Bertz CT molecular complexity index is 850. The summed E-state index contributed by atoms with van der Waals surface area (Å²) in [5, 5.41) is 7.57. The van der Waals surface area contributed by atoms with Gasteiger partial charge in [0.05, 0.1) is 5.52 Å². The summed E-state index contributed by atoms with van der Waals surface area (Å²) in [4.78, 5) is 8.67. The number of aromatic nitrogens is 2. The van der Waals surface area contributed by atoms with Gasteiger partial charge in [-0.3, -0.25) is 0 Å². The number of benzene rings is 2. The Morgan fingerprint density at radius 2 is 1.81 bits per heavy atom. The molecule has 0 saturated carbocycles. The summed E-state index contributed by atoms with van der Waals surface area (Å²) in [5.74, 6) is 0.777. The molecule has 3 aromatic rings. The van der Waals surface area contributed by atoms with Crippen LogP contribution in [0.4, 0.5) is 17.2 Å². The van der Waals surface area contributed by atoms with E-state index in [1.165, 1.54) is 0 Å². The number of rotatable bonds is 5. The van der Waals surface area contributed by atoms with Gasteiger partial charge in [0.15, 0.2) is 0 Å². The van der Waals surface area contributed by atoms with Gasteiger partial charge in [-0.15, -0.1) is 0 Å². The summed E-state index contributed by atoms with van der Waals surface area (Å²) in [5.41, 5.74) is 8.40. The first kappa shape index (κ1) is 21.5. The maximum atomic E-state index is 5.53. The normalized spacial score (nSPS) is 10.7. The van der Waals surface area contributed by atoms with Crippen molar-refractivity contribution in [3.63, 3.8) is 0 Å². The predicted octanol–water partition coefficient (Wildman–Crippen LogP) is 5.57. The molecule has 0 unspecified atom stereocenters. The average Bonchev–Trinajstić information content (AvgIpc) is 2.60. The number of hydrogen-bond donors (Lipinski definition) is 3. The van der Waals surface area contributed by atoms with E-state index in [0.717, 1.165) is 39.1 Å². The third-order valence-electron chi connectivity index (χ3n) is 3.20. The van der Waals surface area contributed by atoms with Crippen molar-refractivity contribution in [2.24, 2.45) is 5.73 Å². The third kappa shape index (κ3) is 7.07. The molecule has 1 heterocycles. The number of nitrogens with two attached hydrogens (primary N) is 1. The molecule has 0 amide bonds. The third-order valence-corrected chi connectivity index (χ3v) is 3.69. The summed E-state index contributed by atoms with van der Waals surface area (Å²) in [7, 11) is 13.4. The fourth-order valence-corrected chi connectivity index (χ4v) is 2.58. The Labute approximate surface area is 177 Å². The predicted molar refractivity (Wildman–Crippen MR) is 112 cm³/mol. The second-order valence-electron chi connectivity index (χ2n) is 4.95. The van der Waals surface area contributed by atoms with Gasteiger partial charge in [-0.05, 0) is 36.4 Å². The van der Waals surface area contributed by atoms with E-state index in [-0.39, 0.29) is 0 Å². The van der Waals surface area contributed by atoms with Crippen molar-refractivity contribution in [3.05, 3.63) is 53.3 Å². The Balaban J connectivity index is 0.000000552. The van der Waals surface area contributed by atoms with Gasteiger partial charge in [-0.2, -0.15) is 0 Å². The van der Waals surface area contributed by atoms with Crippen molar-refractivity contribution >= 4 is 74.5 Å². The van der Waals surface area contributed by atoms with E-state index in [1.807, 2.05) is 42.5 Å². The summed E-state index contributed by atoms with van der Waals surface area (Å²) in [6.45, 7) is 1.32. The van der Waals surface area contributed by atoms with Gasteiger partial charge < -0.3 is 16.4 Å². The molecule has 0 aliphatic carbocycles. The van der Waals surface area contributed by atoms with Gasteiger partial charge >= 0.3 is 41.4 Å². The van der Waals surface area contributed by atoms with Crippen LogP contribution in [-0.2, 0) is 10.9 Å². The van der Waals surface area contributed by atoms with Crippen LogP contribution in [-0.4, -0.2) is 23.1 Å². The summed E-state index contributed by atoms with van der Waals surface area (Å²) in [6.07, 6.45) is 1.57. The van der Waals surface area contributed by atoms with E-state index in [9.17, 15) is 0 Å². The molecular formula is C16H16BrCl3CoN5. The Morgan fingerprint density at radius 3 is 2.50 bits per heavy atom. The van der Waals surface area contributed by atoms with E-state index >= 15 is 0 Å². The first-order valence-electron chi connectivity index (χ1n) is 7.35. The molecule has 1 aromatic heterocycles. The van der Waals surface area contributed by atoms with Crippen molar-refractivity contribution in [3.8, 4) is 0 Å². The van der Waals surface area contributed by atoms with E-state index in [2.05, 4.69) is 36.5 Å². The minimum absolute atomic E-state index is 0.590. The fourth-order valence-electron chi connectivity index (χ4n) is 2.19. The number of halogens is 4. The number of nitrogens with one attached hydrogen (secondary N) is 2. The quantitative estimate of drug-likeness (QED) is 0.408. The topological polar surface area (TPSA) is 75.9 Å². The number of anilines is 3. The molecular weight excluding hydrogens is 507 g/mol. The Morgan fingerprint density at radius 1 is 1.04 bits per heavy atom. The van der Waals surface area contributed by atoms with Crippen LogP contribution < -0.4 is 16.4 Å². The second kappa shape index (κ2) is 11.1. The minimum atomic E-state index is -1.19. The number of fused-ring (bicyclic) bond motifs is 1. The SMILES string of the molecule is NCCNc1ccc2ncnc(Nc3cccc(Br)c3)c2c1.[Cl][Co]([Cl])[Cl]. The summed E-state index contributed by atoms with van der Waals surface area (Å²) < 4.78 is 1.01. The van der Waals surface area contributed by atoms with Crippen molar-refractivity contribution < 1.29 is 10.9 Å². The Kier molecular flexibility index (Phi) is 9.20. The molecule has 0 radical (unpaired) electrons. The van der Waals surface area contributed by atoms with Crippen LogP contribution in [0.3, 0.4) is 0 Å². The molecule has 10 heteroatoms. The van der Waals surface area contributed by atoms with Crippen LogP contribution >= 0.6 is 46.4 Å². The molecule has 0 aliphatic heterocycles. The van der Waals surface area contributed by atoms with Crippen LogP contribution in [0.2, 0.25) is 0 Å². The van der Waals surface area contributed by atoms with Crippen LogP contribution in [0.15, 0.2) is 53.3 Å². The molecule has 0 spiro atoms. The molecule has 5 nitrogen and oxygen atoms in total. The van der Waals surface area contributed by atoms with Crippen LogP contribution in [0, 0.1) is 0 Å². The van der Waals surface area contributed by atoms with Gasteiger partial charge in [-0.25, -0.2) is 9.97 Å². The molecule has 3 rings (SSSR count). The molecule has 0 saturated heterocycles. The molecule has 0 atom stereocenters. The van der Waals surface area contributed by atoms with E-state index < -0.39 is 10.9 Å². The molecule has 0 bridgehead atoms. The van der Waals surface area contributed by atoms with E-state index in [0.29, 0.717) is 6.54 Å². The van der Waals surface area contributed by atoms with Crippen molar-refractivity contribution in [1.82, 2.24) is 9.97 Å². The number of nitrogens with zero attached hydrogens (tertiary/aromatic N) is 2. The van der Waals surface area contributed by atoms with Gasteiger partial charge in [-0.1, -0.05) is 22.0 Å². The fraction of sp³-hybridized carbons (Fsp3) is 0.125. The first-order valence-corrected chi connectivity index (χ1v) is 12.4. The zero-order valence-electron chi connectivity index (χ0n) is 13.3. The number of hydrogen-bond acceptors (Lipinski definition) is 5.